The molecule has 0 heterocycles. The van der Waals surface area contributed by atoms with Crippen LogP contribution in [0, 0.1) is 0 Å². The van der Waals surface area contributed by atoms with Crippen LogP contribution in [0.15, 0.2) is 83.9 Å². The Kier molecular flexibility index (Phi) is 4.99. The molecule has 0 saturated carbocycles. The number of hydrogen-bond donors (Lipinski definition) is 0. The van der Waals surface area contributed by atoms with E-state index in [0.717, 1.165) is 22.7 Å². The molecular weight excluding hydrogens is 306 g/mol. The molecule has 0 saturated heterocycles. The van der Waals surface area contributed by atoms with E-state index in [1.807, 2.05) is 72.9 Å². The molecule has 0 bridgehead atoms. The summed E-state index contributed by atoms with van der Waals surface area (Å²) in [5.41, 5.74) is 3.19. The van der Waals surface area contributed by atoms with Crippen LogP contribution in [0.25, 0.3) is 0 Å². The Hall–Kier alpha value is -2.87. The number of aliphatic imine (C=N–C) groups is 1. The van der Waals surface area contributed by atoms with Crippen molar-refractivity contribution in [3.63, 3.8) is 0 Å². The van der Waals surface area contributed by atoms with E-state index in [2.05, 4.69) is 32.9 Å². The summed E-state index contributed by atoms with van der Waals surface area (Å²) in [6.07, 6.45) is 1.87. The third-order valence-electron chi connectivity index (χ3n) is 3.95. The SMILES string of the molecule is CC(C)(C)c1ccc(Oc2ccccc2)c(N=Cc2ccccc2)c1. The zero-order valence-electron chi connectivity index (χ0n) is 14.9. The van der Waals surface area contributed by atoms with E-state index in [1.54, 1.807) is 0 Å². The number of ether oxygens (including phenoxy) is 1. The highest BCUT2D eigenvalue weighted by atomic mass is 16.5. The van der Waals surface area contributed by atoms with Crippen LogP contribution in [0.3, 0.4) is 0 Å². The lowest BCUT2D eigenvalue weighted by Gasteiger charge is -2.20. The van der Waals surface area contributed by atoms with E-state index in [9.17, 15) is 0 Å². The minimum absolute atomic E-state index is 0.0578. The molecule has 25 heavy (non-hydrogen) atoms. The predicted octanol–water partition coefficient (Wildman–Crippen LogP) is 6.53. The molecule has 0 aliphatic heterocycles. The van der Waals surface area contributed by atoms with Crippen LogP contribution >= 0.6 is 0 Å². The molecule has 3 aromatic rings. The minimum Gasteiger partial charge on any atom is -0.455 e. The van der Waals surface area contributed by atoms with E-state index >= 15 is 0 Å². The fraction of sp³-hybridized carbons (Fsp3) is 0.174. The monoisotopic (exact) mass is 329 g/mol. The fourth-order valence-corrected chi connectivity index (χ4v) is 2.47. The molecule has 2 heteroatoms. The number of nitrogens with zero attached hydrogens (tertiary/aromatic N) is 1. The summed E-state index contributed by atoms with van der Waals surface area (Å²) in [6, 6.07) is 26.1. The van der Waals surface area contributed by atoms with Gasteiger partial charge in [-0.25, -0.2) is 0 Å². The van der Waals surface area contributed by atoms with Gasteiger partial charge in [0.25, 0.3) is 0 Å². The van der Waals surface area contributed by atoms with Crippen molar-refractivity contribution in [2.75, 3.05) is 0 Å². The lowest BCUT2D eigenvalue weighted by molar-refractivity contribution is 0.483. The normalized spacial score (nSPS) is 11.6. The first kappa shape index (κ1) is 17.0. The maximum Gasteiger partial charge on any atom is 0.153 e. The Morgan fingerprint density at radius 2 is 1.44 bits per heavy atom. The number of benzene rings is 3. The van der Waals surface area contributed by atoms with Crippen LogP contribution in [0.4, 0.5) is 5.69 Å². The summed E-state index contributed by atoms with van der Waals surface area (Å²) < 4.78 is 6.05. The van der Waals surface area contributed by atoms with Crippen LogP contribution in [-0.4, -0.2) is 6.21 Å². The van der Waals surface area contributed by atoms with Gasteiger partial charge in [0.05, 0.1) is 0 Å². The summed E-state index contributed by atoms with van der Waals surface area (Å²) in [5, 5.41) is 0. The number of para-hydroxylation sites is 1. The van der Waals surface area contributed by atoms with E-state index in [-0.39, 0.29) is 5.41 Å². The second-order valence-corrected chi connectivity index (χ2v) is 7.02. The third kappa shape index (κ3) is 4.57. The molecule has 0 fully saturated rings. The van der Waals surface area contributed by atoms with Gasteiger partial charge in [-0.1, -0.05) is 75.4 Å². The molecular formula is C23H23NO. The number of rotatable bonds is 4. The van der Waals surface area contributed by atoms with Crippen molar-refractivity contribution in [1.82, 2.24) is 0 Å². The Balaban J connectivity index is 1.97. The van der Waals surface area contributed by atoms with Crippen molar-refractivity contribution in [3.8, 4) is 11.5 Å². The molecule has 0 aliphatic carbocycles. The summed E-state index contributed by atoms with van der Waals surface area (Å²) in [4.78, 5) is 4.70. The van der Waals surface area contributed by atoms with Crippen molar-refractivity contribution >= 4 is 11.9 Å². The Morgan fingerprint density at radius 3 is 2.08 bits per heavy atom. The molecule has 0 N–H and O–H groups in total. The molecule has 0 amide bonds. The first-order valence-electron chi connectivity index (χ1n) is 8.49. The average Bonchev–Trinajstić information content (AvgIpc) is 2.62. The van der Waals surface area contributed by atoms with Crippen molar-refractivity contribution in [2.45, 2.75) is 26.2 Å². The lowest BCUT2D eigenvalue weighted by Crippen LogP contribution is -2.10. The van der Waals surface area contributed by atoms with Crippen LogP contribution in [0.2, 0.25) is 0 Å². The van der Waals surface area contributed by atoms with Crippen LogP contribution in [-0.2, 0) is 5.41 Å². The lowest BCUT2D eigenvalue weighted by atomic mass is 9.87. The highest BCUT2D eigenvalue weighted by Crippen LogP contribution is 2.36. The Morgan fingerprint density at radius 1 is 0.800 bits per heavy atom. The quantitative estimate of drug-likeness (QED) is 0.499. The van der Waals surface area contributed by atoms with Gasteiger partial charge in [0, 0.05) is 6.21 Å². The van der Waals surface area contributed by atoms with Crippen molar-refractivity contribution in [2.24, 2.45) is 4.99 Å². The molecule has 0 atom stereocenters. The van der Waals surface area contributed by atoms with Crippen molar-refractivity contribution < 1.29 is 4.74 Å². The zero-order chi connectivity index (χ0) is 17.7. The molecule has 126 valence electrons. The van der Waals surface area contributed by atoms with Gasteiger partial charge < -0.3 is 4.74 Å². The van der Waals surface area contributed by atoms with E-state index < -0.39 is 0 Å². The summed E-state index contributed by atoms with van der Waals surface area (Å²) in [5.74, 6) is 1.56. The summed E-state index contributed by atoms with van der Waals surface area (Å²) >= 11 is 0. The molecule has 0 unspecified atom stereocenters. The maximum absolute atomic E-state index is 6.05. The highest BCUT2D eigenvalue weighted by Gasteiger charge is 2.16. The molecule has 0 radical (unpaired) electrons. The van der Waals surface area contributed by atoms with Gasteiger partial charge in [-0.15, -0.1) is 0 Å². The van der Waals surface area contributed by atoms with Gasteiger partial charge in [-0.3, -0.25) is 4.99 Å². The minimum atomic E-state index is 0.0578. The predicted molar refractivity (Wildman–Crippen MR) is 105 cm³/mol. The van der Waals surface area contributed by atoms with Gasteiger partial charge in [0.1, 0.15) is 11.4 Å². The molecule has 3 aromatic carbocycles. The highest BCUT2D eigenvalue weighted by molar-refractivity contribution is 5.82. The third-order valence-corrected chi connectivity index (χ3v) is 3.95. The summed E-state index contributed by atoms with van der Waals surface area (Å²) in [7, 11) is 0. The van der Waals surface area contributed by atoms with Gasteiger partial charge in [-0.05, 0) is 40.8 Å². The van der Waals surface area contributed by atoms with Gasteiger partial charge in [0.2, 0.25) is 0 Å². The first-order valence-corrected chi connectivity index (χ1v) is 8.49. The van der Waals surface area contributed by atoms with Gasteiger partial charge in [0.15, 0.2) is 5.75 Å². The molecule has 0 aromatic heterocycles. The van der Waals surface area contributed by atoms with Crippen molar-refractivity contribution in [3.05, 3.63) is 90.0 Å². The van der Waals surface area contributed by atoms with Crippen LogP contribution in [0.1, 0.15) is 31.9 Å². The van der Waals surface area contributed by atoms with Gasteiger partial charge >= 0.3 is 0 Å². The Bertz CT molecular complexity index is 846. The molecule has 0 aliphatic rings. The Labute approximate surface area is 149 Å². The second-order valence-electron chi connectivity index (χ2n) is 7.02. The largest absolute Gasteiger partial charge is 0.455 e. The topological polar surface area (TPSA) is 21.6 Å². The fourth-order valence-electron chi connectivity index (χ4n) is 2.47. The first-order chi connectivity index (χ1) is 12.0. The molecule has 2 nitrogen and oxygen atoms in total. The van der Waals surface area contributed by atoms with Crippen LogP contribution < -0.4 is 4.74 Å². The van der Waals surface area contributed by atoms with Gasteiger partial charge in [-0.2, -0.15) is 0 Å². The average molecular weight is 329 g/mol. The van der Waals surface area contributed by atoms with Crippen molar-refractivity contribution in [1.29, 1.82) is 0 Å². The second kappa shape index (κ2) is 7.35. The van der Waals surface area contributed by atoms with Crippen LogP contribution in [0.5, 0.6) is 11.5 Å². The van der Waals surface area contributed by atoms with E-state index in [0.29, 0.717) is 0 Å². The smallest absolute Gasteiger partial charge is 0.153 e. The summed E-state index contributed by atoms with van der Waals surface area (Å²) in [6.45, 7) is 6.60. The molecule has 0 spiro atoms. The molecule has 3 rings (SSSR count). The van der Waals surface area contributed by atoms with E-state index in [4.69, 9.17) is 9.73 Å². The zero-order valence-corrected chi connectivity index (χ0v) is 14.9. The van der Waals surface area contributed by atoms with E-state index in [1.165, 1.54) is 5.56 Å². The number of hydrogen-bond acceptors (Lipinski definition) is 2. The standard InChI is InChI=1S/C23H23NO/c1-23(2,3)19-14-15-22(25-20-12-8-5-9-13-20)21(16-19)24-17-18-10-6-4-7-11-18/h4-17H,1-3H3. The maximum atomic E-state index is 6.05.